The SMILES string of the molecule is CCCC(=O)CC(=O)OCCCCOc1ccc(CCOC2CCCCO2)cc1. The smallest absolute Gasteiger partial charge is 0.313 e. The van der Waals surface area contributed by atoms with E-state index in [2.05, 4.69) is 12.1 Å². The van der Waals surface area contributed by atoms with Crippen LogP contribution >= 0.6 is 0 Å². The van der Waals surface area contributed by atoms with Crippen LogP contribution in [0.25, 0.3) is 0 Å². The van der Waals surface area contributed by atoms with Crippen molar-refractivity contribution < 1.29 is 28.5 Å². The average molecular weight is 407 g/mol. The first kappa shape index (κ1) is 23.4. The maximum Gasteiger partial charge on any atom is 0.313 e. The molecule has 0 spiro atoms. The number of esters is 1. The second kappa shape index (κ2) is 14.1. The molecule has 0 amide bonds. The van der Waals surface area contributed by atoms with Crippen LogP contribution in [-0.2, 0) is 30.2 Å². The van der Waals surface area contributed by atoms with E-state index in [4.69, 9.17) is 18.9 Å². The molecule has 1 atom stereocenters. The average Bonchev–Trinajstić information content (AvgIpc) is 2.72. The number of unbranched alkanes of at least 4 members (excludes halogenated alkanes) is 1. The highest BCUT2D eigenvalue weighted by Gasteiger charge is 2.13. The van der Waals surface area contributed by atoms with Crippen molar-refractivity contribution >= 4 is 11.8 Å². The number of rotatable bonds is 14. The third kappa shape index (κ3) is 10.4. The monoisotopic (exact) mass is 406 g/mol. The summed E-state index contributed by atoms with van der Waals surface area (Å²) >= 11 is 0. The number of hydrogen-bond acceptors (Lipinski definition) is 6. The van der Waals surface area contributed by atoms with Crippen molar-refractivity contribution in [3.8, 4) is 5.75 Å². The molecule has 1 aromatic rings. The molecule has 1 unspecified atom stereocenters. The molecule has 1 fully saturated rings. The minimum Gasteiger partial charge on any atom is -0.494 e. The van der Waals surface area contributed by atoms with E-state index in [1.54, 1.807) is 0 Å². The molecule has 0 bridgehead atoms. The van der Waals surface area contributed by atoms with Crippen LogP contribution in [0, 0.1) is 0 Å². The quantitative estimate of drug-likeness (QED) is 0.262. The maximum atomic E-state index is 11.5. The van der Waals surface area contributed by atoms with E-state index in [9.17, 15) is 9.59 Å². The standard InChI is InChI=1S/C23H34O6/c1-2-7-20(24)18-22(25)27-15-6-5-14-26-21-11-9-19(10-12-21)13-17-29-23-8-3-4-16-28-23/h9-12,23H,2-8,13-18H2,1H3. The third-order valence-corrected chi connectivity index (χ3v) is 4.70. The first-order chi connectivity index (χ1) is 14.2. The van der Waals surface area contributed by atoms with Crippen molar-refractivity contribution in [2.75, 3.05) is 26.4 Å². The lowest BCUT2D eigenvalue weighted by Gasteiger charge is -2.22. The van der Waals surface area contributed by atoms with Crippen LogP contribution in [0.2, 0.25) is 0 Å². The molecule has 1 saturated heterocycles. The van der Waals surface area contributed by atoms with E-state index in [-0.39, 0.29) is 18.5 Å². The van der Waals surface area contributed by atoms with Crippen molar-refractivity contribution in [3.05, 3.63) is 29.8 Å². The Balaban J connectivity index is 1.50. The van der Waals surface area contributed by atoms with Gasteiger partial charge in [-0.1, -0.05) is 19.1 Å². The lowest BCUT2D eigenvalue weighted by atomic mass is 10.1. The summed E-state index contributed by atoms with van der Waals surface area (Å²) in [7, 11) is 0. The molecule has 0 N–H and O–H groups in total. The van der Waals surface area contributed by atoms with Crippen molar-refractivity contribution in [1.82, 2.24) is 0 Å². The van der Waals surface area contributed by atoms with E-state index in [0.717, 1.165) is 44.5 Å². The van der Waals surface area contributed by atoms with Gasteiger partial charge >= 0.3 is 5.97 Å². The van der Waals surface area contributed by atoms with Gasteiger partial charge in [-0.3, -0.25) is 9.59 Å². The highest BCUT2D eigenvalue weighted by atomic mass is 16.7. The first-order valence-electron chi connectivity index (χ1n) is 10.8. The summed E-state index contributed by atoms with van der Waals surface area (Å²) < 4.78 is 22.1. The highest BCUT2D eigenvalue weighted by molar-refractivity contribution is 5.95. The Morgan fingerprint density at radius 1 is 1.07 bits per heavy atom. The van der Waals surface area contributed by atoms with Gasteiger partial charge in [-0.2, -0.15) is 0 Å². The molecule has 1 heterocycles. The molecule has 1 aliphatic rings. The van der Waals surface area contributed by atoms with Gasteiger partial charge in [0.1, 0.15) is 18.0 Å². The first-order valence-corrected chi connectivity index (χ1v) is 10.8. The molecule has 162 valence electrons. The molecular weight excluding hydrogens is 372 g/mol. The zero-order chi connectivity index (χ0) is 20.7. The number of benzene rings is 1. The number of carbonyl (C=O) groups excluding carboxylic acids is 2. The predicted octanol–water partition coefficient (Wildman–Crippen LogP) is 4.23. The summed E-state index contributed by atoms with van der Waals surface area (Å²) in [4.78, 5) is 22.9. The van der Waals surface area contributed by atoms with Crippen LogP contribution < -0.4 is 4.74 Å². The predicted molar refractivity (Wildman–Crippen MR) is 110 cm³/mol. The van der Waals surface area contributed by atoms with Gasteiger partial charge in [0, 0.05) is 13.0 Å². The topological polar surface area (TPSA) is 71.1 Å². The summed E-state index contributed by atoms with van der Waals surface area (Å²) in [6, 6.07) is 8.03. The molecular formula is C23H34O6. The molecule has 0 aromatic heterocycles. The van der Waals surface area contributed by atoms with Crippen LogP contribution in [0.1, 0.15) is 63.9 Å². The lowest BCUT2D eigenvalue weighted by Crippen LogP contribution is -2.23. The second-order valence-corrected chi connectivity index (χ2v) is 7.30. The molecule has 0 radical (unpaired) electrons. The van der Waals surface area contributed by atoms with Gasteiger partial charge in [0.2, 0.25) is 0 Å². The number of ether oxygens (including phenoxy) is 4. The minimum absolute atomic E-state index is 0.0394. The summed E-state index contributed by atoms with van der Waals surface area (Å²) in [6.45, 7) is 4.27. The Morgan fingerprint density at radius 3 is 2.59 bits per heavy atom. The van der Waals surface area contributed by atoms with Crippen LogP contribution in [-0.4, -0.2) is 44.5 Å². The molecule has 6 heteroatoms. The van der Waals surface area contributed by atoms with Crippen molar-refractivity contribution in [3.63, 3.8) is 0 Å². The van der Waals surface area contributed by atoms with Crippen LogP contribution in [0.15, 0.2) is 24.3 Å². The van der Waals surface area contributed by atoms with Gasteiger partial charge in [0.15, 0.2) is 6.29 Å². The largest absolute Gasteiger partial charge is 0.494 e. The van der Waals surface area contributed by atoms with E-state index in [1.807, 2.05) is 19.1 Å². The van der Waals surface area contributed by atoms with Crippen molar-refractivity contribution in [2.24, 2.45) is 0 Å². The lowest BCUT2D eigenvalue weighted by molar-refractivity contribution is -0.161. The van der Waals surface area contributed by atoms with E-state index >= 15 is 0 Å². The number of Topliss-reactive ketones (excluding diaryl/α,β-unsaturated/α-hetero) is 1. The Morgan fingerprint density at radius 2 is 1.86 bits per heavy atom. The summed E-state index contributed by atoms with van der Waals surface area (Å²) in [5, 5.41) is 0. The molecule has 1 aliphatic heterocycles. The van der Waals surface area contributed by atoms with E-state index in [0.29, 0.717) is 32.7 Å². The van der Waals surface area contributed by atoms with Crippen LogP contribution in [0.4, 0.5) is 0 Å². The molecule has 29 heavy (non-hydrogen) atoms. The fourth-order valence-electron chi connectivity index (χ4n) is 3.06. The third-order valence-electron chi connectivity index (χ3n) is 4.70. The minimum atomic E-state index is -0.431. The maximum absolute atomic E-state index is 11.5. The van der Waals surface area contributed by atoms with Crippen molar-refractivity contribution in [1.29, 1.82) is 0 Å². The molecule has 2 rings (SSSR count). The van der Waals surface area contributed by atoms with E-state index in [1.165, 1.54) is 12.0 Å². The Kier molecular flexibility index (Phi) is 11.4. The zero-order valence-corrected chi connectivity index (χ0v) is 17.5. The summed E-state index contributed by atoms with van der Waals surface area (Å²) in [5.41, 5.74) is 1.21. The fraction of sp³-hybridized carbons (Fsp3) is 0.652. The summed E-state index contributed by atoms with van der Waals surface area (Å²) in [5.74, 6) is 0.338. The fourth-order valence-corrected chi connectivity index (χ4v) is 3.06. The molecule has 0 saturated carbocycles. The van der Waals surface area contributed by atoms with Gasteiger partial charge in [-0.25, -0.2) is 0 Å². The van der Waals surface area contributed by atoms with Gasteiger partial charge in [-0.15, -0.1) is 0 Å². The Bertz CT molecular complexity index is 592. The Hall–Kier alpha value is -1.92. The number of hydrogen-bond donors (Lipinski definition) is 0. The van der Waals surface area contributed by atoms with Gasteiger partial charge in [0.05, 0.1) is 19.8 Å². The molecule has 0 aliphatic carbocycles. The van der Waals surface area contributed by atoms with Gasteiger partial charge < -0.3 is 18.9 Å². The van der Waals surface area contributed by atoms with Gasteiger partial charge in [-0.05, 0) is 62.6 Å². The Labute approximate surface area is 173 Å². The highest BCUT2D eigenvalue weighted by Crippen LogP contribution is 2.16. The van der Waals surface area contributed by atoms with Crippen molar-refractivity contribution in [2.45, 2.75) is 71.0 Å². The normalized spacial score (nSPS) is 16.4. The number of ketones is 1. The van der Waals surface area contributed by atoms with Gasteiger partial charge in [0.25, 0.3) is 0 Å². The number of carbonyl (C=O) groups is 2. The zero-order valence-electron chi connectivity index (χ0n) is 17.5. The van der Waals surface area contributed by atoms with Crippen LogP contribution in [0.3, 0.4) is 0 Å². The molecule has 6 nitrogen and oxygen atoms in total. The second-order valence-electron chi connectivity index (χ2n) is 7.30. The summed E-state index contributed by atoms with van der Waals surface area (Å²) in [6.07, 6.45) is 6.69. The van der Waals surface area contributed by atoms with E-state index < -0.39 is 5.97 Å². The molecule has 1 aromatic carbocycles. The van der Waals surface area contributed by atoms with Crippen LogP contribution in [0.5, 0.6) is 5.75 Å².